The van der Waals surface area contributed by atoms with Crippen LogP contribution in [0.2, 0.25) is 0 Å². The maximum Gasteiger partial charge on any atom is 0.0413 e. The largest absolute Gasteiger partial charge is 0.361 e. The number of aromatic amines is 2. The molecule has 2 heterocycles. The number of rotatable bonds is 2. The Labute approximate surface area is 66.8 Å². The fourth-order valence-electron chi connectivity index (χ4n) is 0.961. The summed E-state index contributed by atoms with van der Waals surface area (Å²) in [7, 11) is 0.715. The minimum absolute atomic E-state index is 0.715. The fourth-order valence-corrected chi connectivity index (χ4v) is 1.92. The Hall–Kier alpha value is -1.01. The van der Waals surface area contributed by atoms with E-state index < -0.39 is 0 Å². The fraction of sp³-hybridized carbons (Fsp3) is 0. The predicted molar refractivity (Wildman–Crippen MR) is 49.2 cm³/mol. The first-order valence-electron chi connectivity index (χ1n) is 3.49. The van der Waals surface area contributed by atoms with Gasteiger partial charge in [0.25, 0.3) is 0 Å². The molecule has 0 saturated heterocycles. The van der Waals surface area contributed by atoms with Gasteiger partial charge >= 0.3 is 0 Å². The van der Waals surface area contributed by atoms with Crippen molar-refractivity contribution in [3.63, 3.8) is 0 Å². The Bertz CT molecular complexity index is 264. The van der Waals surface area contributed by atoms with Gasteiger partial charge < -0.3 is 9.97 Å². The van der Waals surface area contributed by atoms with Gasteiger partial charge in [0, 0.05) is 23.3 Å². The molecular formula is C8H9N2P. The second-order valence-corrected chi connectivity index (χ2v) is 3.62. The van der Waals surface area contributed by atoms with Crippen molar-refractivity contribution in [1.82, 2.24) is 9.97 Å². The van der Waals surface area contributed by atoms with Crippen molar-refractivity contribution in [1.29, 1.82) is 0 Å². The summed E-state index contributed by atoms with van der Waals surface area (Å²) in [6.07, 6.45) is 3.90. The topological polar surface area (TPSA) is 31.6 Å². The summed E-state index contributed by atoms with van der Waals surface area (Å²) in [5.41, 5.74) is 2.54. The summed E-state index contributed by atoms with van der Waals surface area (Å²) in [5, 5.41) is 0. The number of aromatic nitrogens is 2. The third-order valence-electron chi connectivity index (χ3n) is 1.47. The van der Waals surface area contributed by atoms with E-state index >= 15 is 0 Å². The molecule has 0 atom stereocenters. The minimum Gasteiger partial charge on any atom is -0.361 e. The summed E-state index contributed by atoms with van der Waals surface area (Å²) in [6.45, 7) is 0. The zero-order valence-electron chi connectivity index (χ0n) is 5.96. The summed E-state index contributed by atoms with van der Waals surface area (Å²) < 4.78 is 0. The molecule has 0 aliphatic heterocycles. The van der Waals surface area contributed by atoms with Crippen LogP contribution >= 0.6 is 8.58 Å². The lowest BCUT2D eigenvalue weighted by Crippen LogP contribution is -2.03. The summed E-state index contributed by atoms with van der Waals surface area (Å²) in [5.74, 6) is 0. The van der Waals surface area contributed by atoms with Crippen molar-refractivity contribution >= 4 is 19.5 Å². The molecule has 0 amide bonds. The second-order valence-electron chi connectivity index (χ2n) is 2.29. The van der Waals surface area contributed by atoms with Gasteiger partial charge in [-0.05, 0) is 32.8 Å². The lowest BCUT2D eigenvalue weighted by molar-refractivity contribution is 1.46. The van der Waals surface area contributed by atoms with Crippen LogP contribution in [0.3, 0.4) is 0 Å². The van der Waals surface area contributed by atoms with E-state index in [9.17, 15) is 0 Å². The van der Waals surface area contributed by atoms with Crippen molar-refractivity contribution in [2.75, 3.05) is 0 Å². The van der Waals surface area contributed by atoms with Gasteiger partial charge in [-0.1, -0.05) is 0 Å². The van der Waals surface area contributed by atoms with Crippen LogP contribution in [0.5, 0.6) is 0 Å². The van der Waals surface area contributed by atoms with Gasteiger partial charge in [-0.25, -0.2) is 0 Å². The van der Waals surface area contributed by atoms with Crippen LogP contribution in [-0.2, 0) is 0 Å². The highest BCUT2D eigenvalue weighted by Crippen LogP contribution is 2.05. The first-order chi connectivity index (χ1) is 5.45. The molecule has 2 N–H and O–H groups in total. The molecule has 56 valence electrons. The Morgan fingerprint density at radius 2 is 1.45 bits per heavy atom. The van der Waals surface area contributed by atoms with E-state index in [4.69, 9.17) is 0 Å². The smallest absolute Gasteiger partial charge is 0.0413 e. The summed E-state index contributed by atoms with van der Waals surface area (Å²) in [4.78, 5) is 6.34. The monoisotopic (exact) mass is 164 g/mol. The molecule has 0 aliphatic rings. The number of nitrogens with one attached hydrogen (secondary N) is 2. The first-order valence-corrected chi connectivity index (χ1v) is 4.49. The lowest BCUT2D eigenvalue weighted by Gasteiger charge is -1.92. The van der Waals surface area contributed by atoms with E-state index in [2.05, 4.69) is 22.1 Å². The van der Waals surface area contributed by atoms with E-state index in [1.807, 2.05) is 24.5 Å². The molecule has 0 aliphatic carbocycles. The molecule has 2 nitrogen and oxygen atoms in total. The van der Waals surface area contributed by atoms with E-state index in [-0.39, 0.29) is 0 Å². The van der Waals surface area contributed by atoms with Crippen molar-refractivity contribution < 1.29 is 0 Å². The zero-order valence-corrected chi connectivity index (χ0v) is 6.96. The van der Waals surface area contributed by atoms with Gasteiger partial charge in [0.1, 0.15) is 0 Å². The van der Waals surface area contributed by atoms with Crippen LogP contribution in [0.1, 0.15) is 0 Å². The van der Waals surface area contributed by atoms with Crippen molar-refractivity contribution in [3.8, 4) is 0 Å². The number of H-pyrrole nitrogens is 2. The highest BCUT2D eigenvalue weighted by molar-refractivity contribution is 7.54. The molecule has 0 spiro atoms. The Balaban J connectivity index is 2.14. The average Bonchev–Trinajstić information content (AvgIpc) is 2.60. The Morgan fingerprint density at radius 3 is 1.82 bits per heavy atom. The molecule has 0 unspecified atom stereocenters. The van der Waals surface area contributed by atoms with Gasteiger partial charge in [0.05, 0.1) is 0 Å². The van der Waals surface area contributed by atoms with E-state index in [1.54, 1.807) is 0 Å². The highest BCUT2D eigenvalue weighted by atomic mass is 31.1. The molecule has 0 fully saturated rings. The standard InChI is InChI=1S/C8H9N2P/c1-3-7(9-5-1)11-8-4-2-6-10-8/h1-6,9-11H. The van der Waals surface area contributed by atoms with Crippen LogP contribution in [0.15, 0.2) is 36.7 Å². The summed E-state index contributed by atoms with van der Waals surface area (Å²) in [6, 6.07) is 8.23. The Morgan fingerprint density at radius 1 is 0.909 bits per heavy atom. The second kappa shape index (κ2) is 2.93. The van der Waals surface area contributed by atoms with Crippen molar-refractivity contribution in [3.05, 3.63) is 36.7 Å². The molecule has 0 radical (unpaired) electrons. The Kier molecular flexibility index (Phi) is 1.78. The average molecular weight is 164 g/mol. The normalized spacial score (nSPS) is 10.2. The molecule has 0 aromatic carbocycles. The van der Waals surface area contributed by atoms with Gasteiger partial charge in [0.15, 0.2) is 0 Å². The van der Waals surface area contributed by atoms with Crippen LogP contribution in [0, 0.1) is 0 Å². The van der Waals surface area contributed by atoms with Gasteiger partial charge in [-0.3, -0.25) is 0 Å². The maximum atomic E-state index is 3.17. The summed E-state index contributed by atoms with van der Waals surface area (Å²) >= 11 is 0. The lowest BCUT2D eigenvalue weighted by atomic mass is 10.7. The van der Waals surface area contributed by atoms with Gasteiger partial charge in [-0.2, -0.15) is 0 Å². The molecule has 11 heavy (non-hydrogen) atoms. The van der Waals surface area contributed by atoms with Crippen molar-refractivity contribution in [2.24, 2.45) is 0 Å². The van der Waals surface area contributed by atoms with E-state index in [0.29, 0.717) is 8.58 Å². The van der Waals surface area contributed by atoms with Crippen LogP contribution in [-0.4, -0.2) is 9.97 Å². The minimum atomic E-state index is 0.715. The van der Waals surface area contributed by atoms with Gasteiger partial charge in [-0.15, -0.1) is 0 Å². The first kappa shape index (κ1) is 6.68. The number of hydrogen-bond acceptors (Lipinski definition) is 0. The molecule has 2 rings (SSSR count). The van der Waals surface area contributed by atoms with E-state index in [0.717, 1.165) is 0 Å². The third-order valence-corrected chi connectivity index (χ3v) is 2.63. The van der Waals surface area contributed by atoms with Crippen LogP contribution < -0.4 is 10.9 Å². The molecular weight excluding hydrogens is 155 g/mol. The zero-order chi connectivity index (χ0) is 7.52. The third kappa shape index (κ3) is 1.52. The number of hydrogen-bond donors (Lipinski definition) is 2. The van der Waals surface area contributed by atoms with Crippen molar-refractivity contribution in [2.45, 2.75) is 0 Å². The van der Waals surface area contributed by atoms with E-state index in [1.165, 1.54) is 10.9 Å². The highest BCUT2D eigenvalue weighted by Gasteiger charge is 1.94. The van der Waals surface area contributed by atoms with Crippen LogP contribution in [0.25, 0.3) is 0 Å². The molecule has 2 aromatic rings. The molecule has 0 bridgehead atoms. The molecule has 2 aromatic heterocycles. The quantitative estimate of drug-likeness (QED) is 0.620. The molecule has 0 saturated carbocycles. The van der Waals surface area contributed by atoms with Gasteiger partial charge in [0.2, 0.25) is 0 Å². The maximum absolute atomic E-state index is 3.17. The SMILES string of the molecule is c1c[nH]c(Pc2ccc[nH]2)c1. The molecule has 3 heteroatoms. The predicted octanol–water partition coefficient (Wildman–Crippen LogP) is 0.972. The van der Waals surface area contributed by atoms with Crippen LogP contribution in [0.4, 0.5) is 0 Å².